The summed E-state index contributed by atoms with van der Waals surface area (Å²) in [5.74, 6) is 0.777. The van der Waals surface area contributed by atoms with E-state index < -0.39 is 15.5 Å². The van der Waals surface area contributed by atoms with Gasteiger partial charge in [-0.15, -0.1) is 0 Å². The van der Waals surface area contributed by atoms with Gasteiger partial charge >= 0.3 is 15.5 Å². The number of nitrogens with one attached hydrogen (secondary N) is 2. The Hall–Kier alpha value is -1.29. The summed E-state index contributed by atoms with van der Waals surface area (Å²) < 4.78 is 60.9. The van der Waals surface area contributed by atoms with Gasteiger partial charge in [0.05, 0.1) is 0 Å². The summed E-state index contributed by atoms with van der Waals surface area (Å²) in [6.07, 6.45) is 6.86. The Bertz CT molecular complexity index is 573. The van der Waals surface area contributed by atoms with Crippen molar-refractivity contribution in [3.05, 3.63) is 12.2 Å². The zero-order valence-electron chi connectivity index (χ0n) is 13.5. The molecule has 0 aromatic rings. The third kappa shape index (κ3) is 4.62. The highest BCUT2D eigenvalue weighted by Gasteiger charge is 2.50. The number of rotatable bonds is 4. The summed E-state index contributed by atoms with van der Waals surface area (Å²) in [5, 5.41) is 6.45. The van der Waals surface area contributed by atoms with Crippen LogP contribution in [0.4, 0.5) is 13.2 Å². The van der Waals surface area contributed by atoms with Gasteiger partial charge in [-0.05, 0) is 31.6 Å². The van der Waals surface area contributed by atoms with Crippen molar-refractivity contribution in [3.8, 4) is 0 Å². The molecule has 1 aliphatic heterocycles. The molecule has 0 aromatic heterocycles. The van der Waals surface area contributed by atoms with Gasteiger partial charge in [-0.2, -0.15) is 17.5 Å². The minimum Gasteiger partial charge on any atom is -0.356 e. The van der Waals surface area contributed by atoms with Crippen LogP contribution in [0.25, 0.3) is 0 Å². The first-order valence-electron chi connectivity index (χ1n) is 7.92. The molecular weight excluding hydrogens is 345 g/mol. The van der Waals surface area contributed by atoms with Gasteiger partial charge in [-0.3, -0.25) is 4.99 Å². The van der Waals surface area contributed by atoms with Crippen molar-refractivity contribution in [1.29, 1.82) is 0 Å². The van der Waals surface area contributed by atoms with E-state index in [0.29, 0.717) is 35.7 Å². The summed E-state index contributed by atoms with van der Waals surface area (Å²) in [5.41, 5.74) is -5.22. The number of guanidine groups is 1. The van der Waals surface area contributed by atoms with Crippen LogP contribution in [-0.4, -0.2) is 56.9 Å². The SMILES string of the molecule is CN=C(NCC1CCN(S(=O)(=O)C(F)(F)F)CC1)NC1CC=CC1. The van der Waals surface area contributed by atoms with Crippen molar-refractivity contribution in [2.75, 3.05) is 26.7 Å². The second-order valence-corrected chi connectivity index (χ2v) is 7.96. The van der Waals surface area contributed by atoms with E-state index in [9.17, 15) is 21.6 Å². The molecule has 0 unspecified atom stereocenters. The molecule has 0 radical (unpaired) electrons. The number of alkyl halides is 3. The first-order valence-corrected chi connectivity index (χ1v) is 9.36. The number of hydrogen-bond donors (Lipinski definition) is 2. The average Bonchev–Trinajstić information content (AvgIpc) is 3.03. The van der Waals surface area contributed by atoms with Gasteiger partial charge in [0.1, 0.15) is 0 Å². The van der Waals surface area contributed by atoms with Crippen molar-refractivity contribution in [3.63, 3.8) is 0 Å². The van der Waals surface area contributed by atoms with Crippen molar-refractivity contribution in [2.24, 2.45) is 10.9 Å². The maximum absolute atomic E-state index is 12.5. The van der Waals surface area contributed by atoms with Crippen LogP contribution in [0.3, 0.4) is 0 Å². The quantitative estimate of drug-likeness (QED) is 0.447. The van der Waals surface area contributed by atoms with Gasteiger partial charge in [0.25, 0.3) is 0 Å². The molecule has 0 atom stereocenters. The van der Waals surface area contributed by atoms with Crippen LogP contribution in [0.2, 0.25) is 0 Å². The Labute approximate surface area is 140 Å². The van der Waals surface area contributed by atoms with E-state index in [-0.39, 0.29) is 19.0 Å². The van der Waals surface area contributed by atoms with Gasteiger partial charge in [0.15, 0.2) is 5.96 Å². The third-order valence-corrected chi connectivity index (χ3v) is 5.97. The van der Waals surface area contributed by atoms with Crippen molar-refractivity contribution < 1.29 is 21.6 Å². The number of piperidine rings is 1. The Morgan fingerprint density at radius 3 is 2.33 bits per heavy atom. The highest BCUT2D eigenvalue weighted by Crippen LogP contribution is 2.30. The molecule has 1 saturated heterocycles. The van der Waals surface area contributed by atoms with Crippen LogP contribution in [0.15, 0.2) is 17.1 Å². The van der Waals surface area contributed by atoms with Gasteiger partial charge in [0, 0.05) is 32.7 Å². The first kappa shape index (κ1) is 19.0. The minimum atomic E-state index is -5.22. The van der Waals surface area contributed by atoms with Crippen LogP contribution in [0.1, 0.15) is 25.7 Å². The zero-order chi connectivity index (χ0) is 17.8. The largest absolute Gasteiger partial charge is 0.511 e. The standard InChI is InChI=1S/C14H23F3N4O2S/c1-18-13(20-12-4-2-3-5-12)19-10-11-6-8-21(9-7-11)24(22,23)14(15,16)17/h2-3,11-12H,4-10H2,1H3,(H2,18,19,20). The Balaban J connectivity index is 1.76. The van der Waals surface area contributed by atoms with Gasteiger partial charge in [-0.25, -0.2) is 8.42 Å². The molecule has 6 nitrogen and oxygen atoms in total. The lowest BCUT2D eigenvalue weighted by atomic mass is 9.98. The van der Waals surface area contributed by atoms with E-state index in [1.807, 2.05) is 0 Å². The fourth-order valence-electron chi connectivity index (χ4n) is 2.86. The molecule has 0 aromatic carbocycles. The van der Waals surface area contributed by atoms with E-state index in [2.05, 4.69) is 27.8 Å². The molecule has 0 saturated carbocycles. The van der Waals surface area contributed by atoms with Crippen LogP contribution in [-0.2, 0) is 10.0 Å². The van der Waals surface area contributed by atoms with Crippen molar-refractivity contribution >= 4 is 16.0 Å². The van der Waals surface area contributed by atoms with E-state index in [0.717, 1.165) is 12.8 Å². The molecule has 1 fully saturated rings. The zero-order valence-corrected chi connectivity index (χ0v) is 14.3. The lowest BCUT2D eigenvalue weighted by molar-refractivity contribution is -0.0496. The van der Waals surface area contributed by atoms with Gasteiger partial charge in [0.2, 0.25) is 0 Å². The monoisotopic (exact) mass is 368 g/mol. The number of hydrogen-bond acceptors (Lipinski definition) is 3. The highest BCUT2D eigenvalue weighted by molar-refractivity contribution is 7.90. The summed E-state index contributed by atoms with van der Waals surface area (Å²) in [6, 6.07) is 0.315. The summed E-state index contributed by atoms with van der Waals surface area (Å²) in [4.78, 5) is 4.13. The summed E-state index contributed by atoms with van der Waals surface area (Å²) in [7, 11) is -3.54. The van der Waals surface area contributed by atoms with Gasteiger partial charge < -0.3 is 10.6 Å². The number of sulfonamides is 1. The van der Waals surface area contributed by atoms with E-state index >= 15 is 0 Å². The molecule has 1 aliphatic carbocycles. The highest BCUT2D eigenvalue weighted by atomic mass is 32.2. The van der Waals surface area contributed by atoms with Crippen molar-refractivity contribution in [2.45, 2.75) is 37.2 Å². The predicted molar refractivity (Wildman–Crippen MR) is 85.9 cm³/mol. The molecule has 138 valence electrons. The average molecular weight is 368 g/mol. The molecular formula is C14H23F3N4O2S. The molecule has 0 spiro atoms. The molecule has 2 aliphatic rings. The fourth-order valence-corrected chi connectivity index (χ4v) is 3.85. The molecule has 0 bridgehead atoms. The van der Waals surface area contributed by atoms with Crippen molar-refractivity contribution in [1.82, 2.24) is 14.9 Å². The molecule has 0 amide bonds. The normalized spacial score (nSPS) is 22.1. The lowest BCUT2D eigenvalue weighted by Crippen LogP contribution is -2.48. The van der Waals surface area contributed by atoms with Crippen LogP contribution < -0.4 is 10.6 Å². The maximum Gasteiger partial charge on any atom is 0.511 e. The Morgan fingerprint density at radius 2 is 1.83 bits per heavy atom. The van der Waals surface area contributed by atoms with E-state index in [1.165, 1.54) is 0 Å². The molecule has 24 heavy (non-hydrogen) atoms. The first-order chi connectivity index (χ1) is 11.2. The molecule has 1 heterocycles. The van der Waals surface area contributed by atoms with Crippen LogP contribution >= 0.6 is 0 Å². The topological polar surface area (TPSA) is 73.8 Å². The lowest BCUT2D eigenvalue weighted by Gasteiger charge is -2.32. The number of halogens is 3. The maximum atomic E-state index is 12.5. The van der Waals surface area contributed by atoms with E-state index in [4.69, 9.17) is 0 Å². The molecule has 2 rings (SSSR count). The molecule has 2 N–H and O–H groups in total. The van der Waals surface area contributed by atoms with Crippen LogP contribution in [0, 0.1) is 5.92 Å². The Kier molecular flexibility index (Phi) is 6.13. The minimum absolute atomic E-state index is 0.104. The third-order valence-electron chi connectivity index (χ3n) is 4.34. The van der Waals surface area contributed by atoms with E-state index in [1.54, 1.807) is 7.05 Å². The summed E-state index contributed by atoms with van der Waals surface area (Å²) in [6.45, 7) is 0.346. The van der Waals surface area contributed by atoms with Crippen LogP contribution in [0.5, 0.6) is 0 Å². The molecule has 10 heteroatoms. The Morgan fingerprint density at radius 1 is 1.25 bits per heavy atom. The van der Waals surface area contributed by atoms with Gasteiger partial charge in [-0.1, -0.05) is 12.2 Å². The second kappa shape index (κ2) is 7.73. The predicted octanol–water partition coefficient (Wildman–Crippen LogP) is 1.43. The number of nitrogens with zero attached hydrogens (tertiary/aromatic N) is 2. The summed E-state index contributed by atoms with van der Waals surface area (Å²) >= 11 is 0. The fraction of sp³-hybridized carbons (Fsp3) is 0.786. The smallest absolute Gasteiger partial charge is 0.356 e. The second-order valence-electron chi connectivity index (χ2n) is 6.03. The number of aliphatic imine (C=N–C) groups is 1.